The molecule has 1 heterocycles. The molecular weight excluding hydrogens is 276 g/mol. The second-order valence-corrected chi connectivity index (χ2v) is 7.27. The third kappa shape index (κ3) is 3.80. The van der Waals surface area contributed by atoms with Gasteiger partial charge in [0.1, 0.15) is 5.60 Å². The molecule has 1 aromatic rings. The van der Waals surface area contributed by atoms with Gasteiger partial charge in [-0.05, 0) is 58.6 Å². The molecule has 0 bridgehead atoms. The fourth-order valence-electron chi connectivity index (χ4n) is 3.12. The maximum atomic E-state index is 12.4. The number of benzene rings is 1. The predicted octanol–water partition coefficient (Wildman–Crippen LogP) is 3.70. The highest BCUT2D eigenvalue weighted by molar-refractivity contribution is 5.69. The van der Waals surface area contributed by atoms with Crippen molar-refractivity contribution in [2.45, 2.75) is 65.1 Å². The topological polar surface area (TPSA) is 55.6 Å². The van der Waals surface area contributed by atoms with Crippen molar-refractivity contribution in [3.63, 3.8) is 0 Å². The normalized spacial score (nSPS) is 20.1. The minimum Gasteiger partial charge on any atom is -0.444 e. The molecule has 0 saturated carbocycles. The van der Waals surface area contributed by atoms with Gasteiger partial charge in [-0.15, -0.1) is 0 Å². The molecule has 1 amide bonds. The van der Waals surface area contributed by atoms with Crippen molar-refractivity contribution < 1.29 is 9.53 Å². The number of aryl methyl sites for hydroxylation is 2. The third-order valence-electron chi connectivity index (χ3n) is 4.13. The van der Waals surface area contributed by atoms with Crippen molar-refractivity contribution in [2.24, 2.45) is 5.73 Å². The number of likely N-dealkylation sites (tertiary alicyclic amines) is 1. The monoisotopic (exact) mass is 304 g/mol. The van der Waals surface area contributed by atoms with Crippen LogP contribution in [-0.2, 0) is 4.74 Å². The highest BCUT2D eigenvalue weighted by atomic mass is 16.6. The lowest BCUT2D eigenvalue weighted by Crippen LogP contribution is -2.44. The van der Waals surface area contributed by atoms with Crippen molar-refractivity contribution in [1.82, 2.24) is 4.90 Å². The van der Waals surface area contributed by atoms with Gasteiger partial charge >= 0.3 is 6.09 Å². The molecule has 2 N–H and O–H groups in total. The summed E-state index contributed by atoms with van der Waals surface area (Å²) in [5.74, 6) is 0. The maximum absolute atomic E-state index is 12.4. The van der Waals surface area contributed by atoms with Gasteiger partial charge in [0.25, 0.3) is 0 Å². The number of hydrogen-bond donors (Lipinski definition) is 1. The molecule has 1 aliphatic heterocycles. The van der Waals surface area contributed by atoms with Crippen LogP contribution in [0.5, 0.6) is 0 Å². The molecule has 1 fully saturated rings. The molecular formula is C18H28N2O2. The first-order valence-electron chi connectivity index (χ1n) is 8.01. The second kappa shape index (κ2) is 6.29. The smallest absolute Gasteiger partial charge is 0.410 e. The summed E-state index contributed by atoms with van der Waals surface area (Å²) in [7, 11) is 0. The van der Waals surface area contributed by atoms with Gasteiger partial charge in [0.05, 0.1) is 12.1 Å². The van der Waals surface area contributed by atoms with Crippen molar-refractivity contribution in [1.29, 1.82) is 0 Å². The molecule has 2 atom stereocenters. The van der Waals surface area contributed by atoms with Crippen molar-refractivity contribution >= 4 is 6.09 Å². The summed E-state index contributed by atoms with van der Waals surface area (Å²) in [5, 5.41) is 0. The molecule has 4 heteroatoms. The molecule has 4 nitrogen and oxygen atoms in total. The number of rotatable bonds is 2. The molecule has 0 radical (unpaired) electrons. The first-order chi connectivity index (χ1) is 10.2. The highest BCUT2D eigenvalue weighted by Crippen LogP contribution is 2.30. The molecule has 1 aliphatic rings. The van der Waals surface area contributed by atoms with E-state index in [4.69, 9.17) is 10.5 Å². The average molecular weight is 304 g/mol. The van der Waals surface area contributed by atoms with Crippen LogP contribution in [0.25, 0.3) is 0 Å². The van der Waals surface area contributed by atoms with Crippen LogP contribution in [0.3, 0.4) is 0 Å². The van der Waals surface area contributed by atoms with Crippen LogP contribution >= 0.6 is 0 Å². The number of ether oxygens (including phenoxy) is 1. The van der Waals surface area contributed by atoms with Gasteiger partial charge in [-0.25, -0.2) is 4.79 Å². The van der Waals surface area contributed by atoms with Crippen LogP contribution in [0.15, 0.2) is 18.2 Å². The van der Waals surface area contributed by atoms with E-state index in [9.17, 15) is 4.79 Å². The Kier molecular flexibility index (Phi) is 4.81. The lowest BCUT2D eigenvalue weighted by molar-refractivity contribution is 0.0206. The summed E-state index contributed by atoms with van der Waals surface area (Å²) in [6.07, 6.45) is 1.64. The molecule has 22 heavy (non-hydrogen) atoms. The van der Waals surface area contributed by atoms with Gasteiger partial charge in [-0.3, -0.25) is 0 Å². The average Bonchev–Trinajstić information content (AvgIpc) is 2.85. The molecule has 2 unspecified atom stereocenters. The van der Waals surface area contributed by atoms with Crippen LogP contribution < -0.4 is 5.73 Å². The molecule has 1 aromatic carbocycles. The first-order valence-corrected chi connectivity index (χ1v) is 8.01. The van der Waals surface area contributed by atoms with E-state index >= 15 is 0 Å². The number of carbonyl (C=O) groups is 1. The summed E-state index contributed by atoms with van der Waals surface area (Å²) >= 11 is 0. The van der Waals surface area contributed by atoms with Gasteiger partial charge in [-0.1, -0.05) is 23.8 Å². The van der Waals surface area contributed by atoms with E-state index in [2.05, 4.69) is 32.0 Å². The van der Waals surface area contributed by atoms with Crippen molar-refractivity contribution in [3.8, 4) is 0 Å². The Morgan fingerprint density at radius 1 is 1.36 bits per heavy atom. The number of nitrogens with zero attached hydrogens (tertiary/aromatic N) is 1. The van der Waals surface area contributed by atoms with Crippen LogP contribution in [0.1, 0.15) is 56.3 Å². The Balaban J connectivity index is 2.17. The fraction of sp³-hybridized carbons (Fsp3) is 0.611. The quantitative estimate of drug-likeness (QED) is 0.906. The molecule has 0 aromatic heterocycles. The van der Waals surface area contributed by atoms with Crippen LogP contribution in [0.4, 0.5) is 4.79 Å². The van der Waals surface area contributed by atoms with Crippen molar-refractivity contribution in [3.05, 3.63) is 34.9 Å². The highest BCUT2D eigenvalue weighted by Gasteiger charge is 2.36. The van der Waals surface area contributed by atoms with Crippen LogP contribution in [0, 0.1) is 13.8 Å². The molecule has 1 saturated heterocycles. The number of nitrogens with two attached hydrogens (primary N) is 1. The lowest BCUT2D eigenvalue weighted by atomic mass is 9.93. The lowest BCUT2D eigenvalue weighted by Gasteiger charge is -2.32. The van der Waals surface area contributed by atoms with E-state index in [-0.39, 0.29) is 18.2 Å². The Bertz CT molecular complexity index is 549. The fourth-order valence-corrected chi connectivity index (χ4v) is 3.12. The Morgan fingerprint density at radius 2 is 2.05 bits per heavy atom. The van der Waals surface area contributed by atoms with E-state index in [0.717, 1.165) is 24.9 Å². The standard InChI is InChI=1S/C18H28N2O2/c1-12-8-9-14(13(2)11-12)16(19)15-7-6-10-20(15)17(21)22-18(3,4)5/h8-9,11,15-16H,6-7,10,19H2,1-5H3. The minimum atomic E-state index is -0.478. The zero-order valence-corrected chi connectivity index (χ0v) is 14.3. The first kappa shape index (κ1) is 16.8. The summed E-state index contributed by atoms with van der Waals surface area (Å²) in [5.41, 5.74) is 9.54. The van der Waals surface area contributed by atoms with E-state index in [0.29, 0.717) is 0 Å². The van der Waals surface area contributed by atoms with Gasteiger partial charge in [0.2, 0.25) is 0 Å². The van der Waals surface area contributed by atoms with Gasteiger partial charge < -0.3 is 15.4 Å². The molecule has 0 spiro atoms. The summed E-state index contributed by atoms with van der Waals surface area (Å²) < 4.78 is 5.52. The Hall–Kier alpha value is -1.55. The third-order valence-corrected chi connectivity index (χ3v) is 4.13. The van der Waals surface area contributed by atoms with Gasteiger partial charge in [0, 0.05) is 6.54 Å². The summed E-state index contributed by atoms with van der Waals surface area (Å²) in [4.78, 5) is 14.2. The zero-order chi connectivity index (χ0) is 16.5. The SMILES string of the molecule is Cc1ccc(C(N)C2CCCN2C(=O)OC(C)(C)C)c(C)c1. The van der Waals surface area contributed by atoms with Crippen molar-refractivity contribution in [2.75, 3.05) is 6.54 Å². The number of carbonyl (C=O) groups excluding carboxylic acids is 1. The largest absolute Gasteiger partial charge is 0.444 e. The van der Waals surface area contributed by atoms with E-state index in [1.165, 1.54) is 11.1 Å². The number of amides is 1. The Morgan fingerprint density at radius 3 is 2.64 bits per heavy atom. The molecule has 2 rings (SSSR count). The van der Waals surface area contributed by atoms with Crippen LogP contribution in [0.2, 0.25) is 0 Å². The molecule has 0 aliphatic carbocycles. The maximum Gasteiger partial charge on any atom is 0.410 e. The predicted molar refractivity (Wildman–Crippen MR) is 88.8 cm³/mol. The van der Waals surface area contributed by atoms with Crippen LogP contribution in [-0.4, -0.2) is 29.2 Å². The van der Waals surface area contributed by atoms with E-state index in [1.54, 1.807) is 4.90 Å². The van der Waals surface area contributed by atoms with Gasteiger partial charge in [-0.2, -0.15) is 0 Å². The molecule has 122 valence electrons. The summed E-state index contributed by atoms with van der Waals surface area (Å²) in [6, 6.07) is 6.14. The van der Waals surface area contributed by atoms with Gasteiger partial charge in [0.15, 0.2) is 0 Å². The Labute approximate surface area is 133 Å². The second-order valence-electron chi connectivity index (χ2n) is 7.27. The summed E-state index contributed by atoms with van der Waals surface area (Å²) in [6.45, 7) is 10.5. The van der Waals surface area contributed by atoms with E-state index < -0.39 is 5.60 Å². The van der Waals surface area contributed by atoms with E-state index in [1.807, 2.05) is 20.8 Å². The number of hydrogen-bond acceptors (Lipinski definition) is 3. The zero-order valence-electron chi connectivity index (χ0n) is 14.3. The minimum absolute atomic E-state index is 0.0104.